The summed E-state index contributed by atoms with van der Waals surface area (Å²) in [7, 11) is 0. The SMILES string of the molecule is CC(C)(C)OC(=O)NC1CCN([C@H]2CCCCC2OCc2ccccc2)C1. The van der Waals surface area contributed by atoms with Crippen LogP contribution in [-0.4, -0.2) is 47.9 Å². The van der Waals surface area contributed by atoms with Crippen molar-refractivity contribution in [2.45, 2.75) is 83.3 Å². The third-order valence-corrected chi connectivity index (χ3v) is 5.38. The summed E-state index contributed by atoms with van der Waals surface area (Å²) in [6.07, 6.45) is 5.74. The Morgan fingerprint density at radius 2 is 1.89 bits per heavy atom. The van der Waals surface area contributed by atoms with E-state index in [-0.39, 0.29) is 18.2 Å². The van der Waals surface area contributed by atoms with Crippen molar-refractivity contribution in [3.05, 3.63) is 35.9 Å². The molecule has 0 aromatic heterocycles. The molecule has 5 nitrogen and oxygen atoms in total. The van der Waals surface area contributed by atoms with Crippen molar-refractivity contribution < 1.29 is 14.3 Å². The first kappa shape index (κ1) is 20.2. The number of rotatable bonds is 5. The second kappa shape index (κ2) is 9.07. The summed E-state index contributed by atoms with van der Waals surface area (Å²) >= 11 is 0. The van der Waals surface area contributed by atoms with Gasteiger partial charge in [0.1, 0.15) is 5.60 Å². The smallest absolute Gasteiger partial charge is 0.407 e. The standard InChI is InChI=1S/C22H34N2O3/c1-22(2,3)27-21(25)23-18-13-14-24(15-18)19-11-7-8-12-20(19)26-16-17-9-5-4-6-10-17/h4-6,9-10,18-20H,7-8,11-16H2,1-3H3,(H,23,25)/t18?,19-,20?/m0/s1. The van der Waals surface area contributed by atoms with Gasteiger partial charge in [-0.3, -0.25) is 4.90 Å². The fourth-order valence-electron chi connectivity index (χ4n) is 4.15. The lowest BCUT2D eigenvalue weighted by molar-refractivity contribution is -0.0394. The molecule has 3 atom stereocenters. The highest BCUT2D eigenvalue weighted by Crippen LogP contribution is 2.29. The van der Waals surface area contributed by atoms with Crippen molar-refractivity contribution in [3.63, 3.8) is 0 Å². The van der Waals surface area contributed by atoms with E-state index in [9.17, 15) is 4.79 Å². The van der Waals surface area contributed by atoms with Gasteiger partial charge < -0.3 is 14.8 Å². The molecule has 0 spiro atoms. The maximum absolute atomic E-state index is 12.0. The van der Waals surface area contributed by atoms with E-state index in [4.69, 9.17) is 9.47 Å². The average molecular weight is 375 g/mol. The van der Waals surface area contributed by atoms with Crippen molar-refractivity contribution in [3.8, 4) is 0 Å². The zero-order valence-electron chi connectivity index (χ0n) is 16.9. The van der Waals surface area contributed by atoms with E-state index in [1.807, 2.05) is 26.8 Å². The van der Waals surface area contributed by atoms with Crippen LogP contribution in [0.2, 0.25) is 0 Å². The van der Waals surface area contributed by atoms with Crippen LogP contribution >= 0.6 is 0 Å². The molecule has 3 rings (SSSR count). The van der Waals surface area contributed by atoms with Gasteiger partial charge in [0, 0.05) is 25.2 Å². The Balaban J connectivity index is 1.50. The van der Waals surface area contributed by atoms with Gasteiger partial charge in [-0.1, -0.05) is 43.2 Å². The first-order valence-corrected chi connectivity index (χ1v) is 10.3. The predicted octanol–water partition coefficient (Wildman–Crippen LogP) is 4.11. The Morgan fingerprint density at radius 1 is 1.15 bits per heavy atom. The zero-order valence-corrected chi connectivity index (χ0v) is 16.9. The van der Waals surface area contributed by atoms with Crippen LogP contribution in [0, 0.1) is 0 Å². The molecule has 27 heavy (non-hydrogen) atoms. The lowest BCUT2D eigenvalue weighted by Crippen LogP contribution is -2.47. The maximum atomic E-state index is 12.0. The largest absolute Gasteiger partial charge is 0.444 e. The van der Waals surface area contributed by atoms with Gasteiger partial charge in [-0.25, -0.2) is 4.79 Å². The van der Waals surface area contributed by atoms with E-state index in [1.165, 1.54) is 24.8 Å². The van der Waals surface area contributed by atoms with Gasteiger partial charge in [-0.15, -0.1) is 0 Å². The van der Waals surface area contributed by atoms with Gasteiger partial charge in [0.05, 0.1) is 12.7 Å². The van der Waals surface area contributed by atoms with E-state index in [2.05, 4.69) is 34.5 Å². The Bertz CT molecular complexity index is 599. The van der Waals surface area contributed by atoms with Crippen LogP contribution in [-0.2, 0) is 16.1 Å². The van der Waals surface area contributed by atoms with Crippen molar-refractivity contribution in [1.82, 2.24) is 10.2 Å². The molecule has 1 aliphatic heterocycles. The van der Waals surface area contributed by atoms with Crippen LogP contribution in [0.25, 0.3) is 0 Å². The van der Waals surface area contributed by atoms with E-state index >= 15 is 0 Å². The number of nitrogens with one attached hydrogen (secondary N) is 1. The van der Waals surface area contributed by atoms with E-state index in [1.54, 1.807) is 0 Å². The number of amides is 1. The van der Waals surface area contributed by atoms with Gasteiger partial charge in [0.25, 0.3) is 0 Å². The normalized spacial score (nSPS) is 26.7. The summed E-state index contributed by atoms with van der Waals surface area (Å²) in [6, 6.07) is 11.0. The minimum atomic E-state index is -0.456. The average Bonchev–Trinajstić information content (AvgIpc) is 3.07. The highest BCUT2D eigenvalue weighted by atomic mass is 16.6. The minimum Gasteiger partial charge on any atom is -0.444 e. The zero-order chi connectivity index (χ0) is 19.3. The molecule has 1 N–H and O–H groups in total. The number of likely N-dealkylation sites (tertiary alicyclic amines) is 1. The van der Waals surface area contributed by atoms with Gasteiger partial charge in [-0.2, -0.15) is 0 Å². The molecule has 1 aromatic carbocycles. The molecule has 2 fully saturated rings. The lowest BCUT2D eigenvalue weighted by Gasteiger charge is -2.38. The number of nitrogens with zero attached hydrogens (tertiary/aromatic N) is 1. The van der Waals surface area contributed by atoms with Crippen molar-refractivity contribution in [1.29, 1.82) is 0 Å². The number of benzene rings is 1. The van der Waals surface area contributed by atoms with Gasteiger partial charge >= 0.3 is 6.09 Å². The molecular weight excluding hydrogens is 340 g/mol. The molecular formula is C22H34N2O3. The van der Waals surface area contributed by atoms with Crippen LogP contribution in [0.4, 0.5) is 4.79 Å². The van der Waals surface area contributed by atoms with E-state index in [0.29, 0.717) is 12.6 Å². The van der Waals surface area contributed by atoms with Crippen LogP contribution in [0.1, 0.15) is 58.4 Å². The fraction of sp³-hybridized carbons (Fsp3) is 0.682. The number of hydrogen-bond acceptors (Lipinski definition) is 4. The molecule has 1 amide bonds. The first-order chi connectivity index (χ1) is 12.9. The van der Waals surface area contributed by atoms with E-state index in [0.717, 1.165) is 25.9 Å². The predicted molar refractivity (Wildman–Crippen MR) is 107 cm³/mol. The molecule has 1 aromatic rings. The Kier molecular flexibility index (Phi) is 6.77. The molecule has 2 unspecified atom stereocenters. The summed E-state index contributed by atoms with van der Waals surface area (Å²) in [5.41, 5.74) is 0.773. The number of hydrogen-bond donors (Lipinski definition) is 1. The molecule has 5 heteroatoms. The Hall–Kier alpha value is -1.59. The van der Waals surface area contributed by atoms with Crippen LogP contribution < -0.4 is 5.32 Å². The summed E-state index contributed by atoms with van der Waals surface area (Å²) < 4.78 is 11.7. The van der Waals surface area contributed by atoms with Gasteiger partial charge in [0.15, 0.2) is 0 Å². The number of alkyl carbamates (subject to hydrolysis) is 1. The molecule has 1 heterocycles. The second-order valence-electron chi connectivity index (χ2n) is 8.81. The number of carbonyl (C=O) groups excluding carboxylic acids is 1. The second-order valence-corrected chi connectivity index (χ2v) is 8.81. The van der Waals surface area contributed by atoms with Crippen molar-refractivity contribution in [2.24, 2.45) is 0 Å². The summed E-state index contributed by atoms with van der Waals surface area (Å²) in [6.45, 7) is 8.25. The Morgan fingerprint density at radius 3 is 2.63 bits per heavy atom. The number of ether oxygens (including phenoxy) is 2. The molecule has 150 valence electrons. The Labute approximate surface area is 163 Å². The van der Waals surface area contributed by atoms with Crippen molar-refractivity contribution in [2.75, 3.05) is 13.1 Å². The van der Waals surface area contributed by atoms with Crippen LogP contribution in [0.3, 0.4) is 0 Å². The molecule has 1 saturated heterocycles. The molecule has 1 aliphatic carbocycles. The monoisotopic (exact) mass is 374 g/mol. The van der Waals surface area contributed by atoms with E-state index < -0.39 is 5.60 Å². The minimum absolute atomic E-state index is 0.163. The summed E-state index contributed by atoms with van der Waals surface area (Å²) in [5.74, 6) is 0. The summed E-state index contributed by atoms with van der Waals surface area (Å²) in [4.78, 5) is 14.6. The van der Waals surface area contributed by atoms with Crippen molar-refractivity contribution >= 4 is 6.09 Å². The maximum Gasteiger partial charge on any atom is 0.407 e. The fourth-order valence-corrected chi connectivity index (χ4v) is 4.15. The first-order valence-electron chi connectivity index (χ1n) is 10.3. The van der Waals surface area contributed by atoms with Gasteiger partial charge in [0.2, 0.25) is 0 Å². The third-order valence-electron chi connectivity index (χ3n) is 5.38. The highest BCUT2D eigenvalue weighted by molar-refractivity contribution is 5.68. The highest BCUT2D eigenvalue weighted by Gasteiger charge is 2.36. The number of carbonyl (C=O) groups is 1. The van der Waals surface area contributed by atoms with Crippen LogP contribution in [0.15, 0.2) is 30.3 Å². The molecule has 0 radical (unpaired) electrons. The lowest BCUT2D eigenvalue weighted by atomic mass is 9.91. The topological polar surface area (TPSA) is 50.8 Å². The third kappa shape index (κ3) is 6.22. The molecule has 2 aliphatic rings. The summed E-state index contributed by atoms with van der Waals surface area (Å²) in [5, 5.41) is 3.03. The quantitative estimate of drug-likeness (QED) is 0.842. The molecule has 0 bridgehead atoms. The van der Waals surface area contributed by atoms with Crippen LogP contribution in [0.5, 0.6) is 0 Å². The van der Waals surface area contributed by atoms with Gasteiger partial charge in [-0.05, 0) is 45.6 Å². The molecule has 1 saturated carbocycles.